The van der Waals surface area contributed by atoms with Crippen LogP contribution in [0.3, 0.4) is 0 Å². The van der Waals surface area contributed by atoms with Gasteiger partial charge in [-0.25, -0.2) is 0 Å². The van der Waals surface area contributed by atoms with Gasteiger partial charge in [-0.05, 0) is 50.4 Å². The normalized spacial score (nSPS) is 22.8. The Morgan fingerprint density at radius 1 is 1.40 bits per heavy atom. The van der Waals surface area contributed by atoms with Gasteiger partial charge >= 0.3 is 0 Å². The van der Waals surface area contributed by atoms with Crippen molar-refractivity contribution in [3.05, 3.63) is 35.0 Å². The smallest absolute Gasteiger partial charge is 0.0758 e. The van der Waals surface area contributed by atoms with Crippen LogP contribution in [0, 0.1) is 0 Å². The second kappa shape index (κ2) is 5.76. The minimum atomic E-state index is 0.310. The van der Waals surface area contributed by atoms with Gasteiger partial charge in [-0.3, -0.25) is 0 Å². The summed E-state index contributed by atoms with van der Waals surface area (Å²) in [5.74, 6) is 0. The molecule has 2 unspecified atom stereocenters. The highest BCUT2D eigenvalue weighted by Gasteiger charge is 2.22. The number of fused-ring (bicyclic) bond motifs is 1. The van der Waals surface area contributed by atoms with Crippen LogP contribution < -0.4 is 5.73 Å². The van der Waals surface area contributed by atoms with Crippen LogP contribution in [0.2, 0.25) is 5.02 Å². The van der Waals surface area contributed by atoms with Gasteiger partial charge in [0.1, 0.15) is 0 Å². The first kappa shape index (κ1) is 13.9. The van der Waals surface area contributed by atoms with E-state index in [1.54, 1.807) is 0 Å². The monoisotopic (exact) mass is 292 g/mol. The molecular formula is C16H21ClN2O. The summed E-state index contributed by atoms with van der Waals surface area (Å²) in [5.41, 5.74) is 8.19. The quantitative estimate of drug-likeness (QED) is 0.938. The number of halogens is 1. The second-order valence-electron chi connectivity index (χ2n) is 5.65. The molecule has 2 aromatic rings. The molecule has 0 amide bonds. The van der Waals surface area contributed by atoms with Crippen molar-refractivity contribution in [1.29, 1.82) is 0 Å². The molecule has 1 aliphatic rings. The fourth-order valence-corrected chi connectivity index (χ4v) is 3.25. The van der Waals surface area contributed by atoms with Crippen LogP contribution in [0.15, 0.2) is 24.4 Å². The summed E-state index contributed by atoms with van der Waals surface area (Å²) in [6.45, 7) is 3.70. The Morgan fingerprint density at radius 2 is 2.25 bits per heavy atom. The van der Waals surface area contributed by atoms with Crippen molar-refractivity contribution in [1.82, 2.24) is 4.57 Å². The van der Waals surface area contributed by atoms with Crippen LogP contribution in [0.1, 0.15) is 25.3 Å². The molecule has 3 rings (SSSR count). The van der Waals surface area contributed by atoms with E-state index in [9.17, 15) is 0 Å². The van der Waals surface area contributed by atoms with Crippen molar-refractivity contribution < 1.29 is 4.74 Å². The maximum absolute atomic E-state index is 6.15. The molecule has 1 aromatic carbocycles. The molecule has 108 valence electrons. The molecule has 0 bridgehead atoms. The zero-order chi connectivity index (χ0) is 14.1. The zero-order valence-corrected chi connectivity index (χ0v) is 12.6. The number of nitrogens with zero attached hydrogens (tertiary/aromatic N) is 1. The van der Waals surface area contributed by atoms with Gasteiger partial charge in [-0.15, -0.1) is 0 Å². The topological polar surface area (TPSA) is 40.2 Å². The Hall–Kier alpha value is -1.03. The van der Waals surface area contributed by atoms with E-state index in [-0.39, 0.29) is 0 Å². The van der Waals surface area contributed by atoms with E-state index in [1.165, 1.54) is 16.5 Å². The predicted octanol–water partition coefficient (Wildman–Crippen LogP) is 3.36. The van der Waals surface area contributed by atoms with E-state index >= 15 is 0 Å². The molecule has 20 heavy (non-hydrogen) atoms. The summed E-state index contributed by atoms with van der Waals surface area (Å²) in [7, 11) is 0. The summed E-state index contributed by atoms with van der Waals surface area (Å²) in [6, 6.07) is 6.08. The molecule has 1 aromatic heterocycles. The zero-order valence-electron chi connectivity index (χ0n) is 11.8. The van der Waals surface area contributed by atoms with Gasteiger partial charge in [0.2, 0.25) is 0 Å². The SMILES string of the molecule is CC1CCC(Cn2cc(CCN)c3ccc(Cl)cc32)O1. The highest BCUT2D eigenvalue weighted by Crippen LogP contribution is 2.27. The molecule has 2 N–H and O–H groups in total. The molecular weight excluding hydrogens is 272 g/mol. The minimum absolute atomic E-state index is 0.310. The third-order valence-electron chi connectivity index (χ3n) is 4.06. The first-order chi connectivity index (χ1) is 9.67. The van der Waals surface area contributed by atoms with Crippen LogP contribution in [-0.2, 0) is 17.7 Å². The Labute approximate surface area is 124 Å². The van der Waals surface area contributed by atoms with Crippen molar-refractivity contribution in [2.45, 2.75) is 44.9 Å². The average molecular weight is 293 g/mol. The molecule has 0 spiro atoms. The maximum atomic E-state index is 6.15. The van der Waals surface area contributed by atoms with E-state index in [0.717, 1.165) is 30.8 Å². The predicted molar refractivity (Wildman–Crippen MR) is 83.3 cm³/mol. The number of ether oxygens (including phenoxy) is 1. The lowest BCUT2D eigenvalue weighted by Gasteiger charge is -2.13. The molecule has 4 heteroatoms. The van der Waals surface area contributed by atoms with E-state index < -0.39 is 0 Å². The van der Waals surface area contributed by atoms with Crippen molar-refractivity contribution >= 4 is 22.5 Å². The summed E-state index contributed by atoms with van der Waals surface area (Å²) >= 11 is 6.15. The lowest BCUT2D eigenvalue weighted by Crippen LogP contribution is -2.15. The van der Waals surface area contributed by atoms with Gasteiger partial charge in [0, 0.05) is 28.7 Å². The average Bonchev–Trinajstić information content (AvgIpc) is 2.96. The maximum Gasteiger partial charge on any atom is 0.0758 e. The number of rotatable bonds is 4. The Balaban J connectivity index is 1.94. The van der Waals surface area contributed by atoms with Crippen LogP contribution in [0.25, 0.3) is 10.9 Å². The summed E-state index contributed by atoms with van der Waals surface area (Å²) < 4.78 is 8.21. The third-order valence-corrected chi connectivity index (χ3v) is 4.30. The number of benzene rings is 1. The Bertz CT molecular complexity index is 608. The van der Waals surface area contributed by atoms with Crippen LogP contribution in [0.5, 0.6) is 0 Å². The fraction of sp³-hybridized carbons (Fsp3) is 0.500. The van der Waals surface area contributed by atoms with E-state index in [0.29, 0.717) is 18.8 Å². The van der Waals surface area contributed by atoms with Crippen molar-refractivity contribution in [3.8, 4) is 0 Å². The summed E-state index contributed by atoms with van der Waals surface area (Å²) in [4.78, 5) is 0. The van der Waals surface area contributed by atoms with Crippen molar-refractivity contribution in [2.24, 2.45) is 5.73 Å². The Morgan fingerprint density at radius 3 is 2.95 bits per heavy atom. The van der Waals surface area contributed by atoms with Gasteiger partial charge < -0.3 is 15.0 Å². The number of hydrogen-bond donors (Lipinski definition) is 1. The van der Waals surface area contributed by atoms with Gasteiger partial charge in [-0.2, -0.15) is 0 Å². The standard InChI is InChI=1S/C16H21ClN2O/c1-11-2-4-14(20-11)10-19-9-12(6-7-18)15-5-3-13(17)8-16(15)19/h3,5,8-9,11,14H,2,4,6-7,10,18H2,1H3. The summed E-state index contributed by atoms with van der Waals surface area (Å²) in [5, 5.41) is 2.03. The summed E-state index contributed by atoms with van der Waals surface area (Å²) in [6.07, 6.45) is 6.08. The Kier molecular flexibility index (Phi) is 4.01. The van der Waals surface area contributed by atoms with Crippen molar-refractivity contribution in [3.63, 3.8) is 0 Å². The third kappa shape index (κ3) is 2.71. The number of aromatic nitrogens is 1. The molecule has 2 atom stereocenters. The van der Waals surface area contributed by atoms with E-state index in [1.807, 2.05) is 12.1 Å². The number of hydrogen-bond acceptors (Lipinski definition) is 2. The highest BCUT2D eigenvalue weighted by molar-refractivity contribution is 6.31. The first-order valence-corrected chi connectivity index (χ1v) is 7.68. The highest BCUT2D eigenvalue weighted by atomic mass is 35.5. The van der Waals surface area contributed by atoms with Crippen LogP contribution in [0.4, 0.5) is 0 Å². The van der Waals surface area contributed by atoms with Gasteiger partial charge in [-0.1, -0.05) is 17.7 Å². The lowest BCUT2D eigenvalue weighted by molar-refractivity contribution is 0.0465. The molecule has 1 fully saturated rings. The second-order valence-corrected chi connectivity index (χ2v) is 6.09. The first-order valence-electron chi connectivity index (χ1n) is 7.30. The largest absolute Gasteiger partial charge is 0.373 e. The fourth-order valence-electron chi connectivity index (χ4n) is 3.09. The molecule has 2 heterocycles. The van der Waals surface area contributed by atoms with Crippen molar-refractivity contribution in [2.75, 3.05) is 6.54 Å². The number of nitrogens with two attached hydrogens (primary N) is 1. The molecule has 0 aliphatic carbocycles. The molecule has 0 saturated carbocycles. The van der Waals surface area contributed by atoms with Gasteiger partial charge in [0.15, 0.2) is 0 Å². The molecule has 0 radical (unpaired) electrons. The van der Waals surface area contributed by atoms with Crippen LogP contribution in [-0.4, -0.2) is 23.3 Å². The minimum Gasteiger partial charge on any atom is -0.373 e. The molecule has 3 nitrogen and oxygen atoms in total. The van der Waals surface area contributed by atoms with Crippen LogP contribution >= 0.6 is 11.6 Å². The van der Waals surface area contributed by atoms with Gasteiger partial charge in [0.05, 0.1) is 12.2 Å². The van der Waals surface area contributed by atoms with Gasteiger partial charge in [0.25, 0.3) is 0 Å². The lowest BCUT2D eigenvalue weighted by atomic mass is 10.1. The molecule has 1 aliphatic heterocycles. The molecule has 1 saturated heterocycles. The van der Waals surface area contributed by atoms with E-state index in [4.69, 9.17) is 22.1 Å². The van der Waals surface area contributed by atoms with E-state index in [2.05, 4.69) is 23.8 Å².